The van der Waals surface area contributed by atoms with Crippen molar-refractivity contribution in [1.82, 2.24) is 0 Å². The van der Waals surface area contributed by atoms with Gasteiger partial charge in [-0.2, -0.15) is 0 Å². The summed E-state index contributed by atoms with van der Waals surface area (Å²) in [6.45, 7) is 2.07. The van der Waals surface area contributed by atoms with Crippen molar-refractivity contribution in [2.75, 3.05) is 30.6 Å². The maximum absolute atomic E-state index is 12.9. The molecule has 3 rings (SSSR count). The molecule has 0 radical (unpaired) electrons. The second-order valence-electron chi connectivity index (χ2n) is 6.91. The van der Waals surface area contributed by atoms with Crippen LogP contribution in [0, 0.1) is 0 Å². The van der Waals surface area contributed by atoms with Crippen LogP contribution in [-0.4, -0.2) is 31.8 Å². The predicted molar refractivity (Wildman–Crippen MR) is 129 cm³/mol. The second kappa shape index (κ2) is 11.2. The standard InChI is InChI=1S/C25H26N2O4S/c1-4-17-8-7-9-18(14-17)27-25(29)20-10-5-6-11-23(20)32-16-24(28)26-19-12-13-21(30-2)22(15-19)31-3/h5-15H,4,16H2,1-3H3,(H,26,28)(H,27,29). The molecule has 0 aromatic heterocycles. The SMILES string of the molecule is CCc1cccc(NC(=O)c2ccccc2SCC(=O)Nc2ccc(OC)c(OC)c2)c1. The normalized spacial score (nSPS) is 10.3. The van der Waals surface area contributed by atoms with Crippen molar-refractivity contribution in [3.05, 3.63) is 77.9 Å². The number of aryl methyl sites for hydroxylation is 1. The quantitative estimate of drug-likeness (QED) is 0.436. The maximum atomic E-state index is 12.9. The lowest BCUT2D eigenvalue weighted by atomic mass is 10.1. The summed E-state index contributed by atoms with van der Waals surface area (Å²) in [5, 5.41) is 5.79. The molecule has 32 heavy (non-hydrogen) atoms. The van der Waals surface area contributed by atoms with Gasteiger partial charge in [-0.25, -0.2) is 0 Å². The van der Waals surface area contributed by atoms with Gasteiger partial charge >= 0.3 is 0 Å². The summed E-state index contributed by atoms with van der Waals surface area (Å²) in [6.07, 6.45) is 0.894. The molecule has 0 unspecified atom stereocenters. The van der Waals surface area contributed by atoms with Crippen molar-refractivity contribution in [2.24, 2.45) is 0 Å². The number of anilines is 2. The first-order chi connectivity index (χ1) is 15.5. The fraction of sp³-hybridized carbons (Fsp3) is 0.200. The average Bonchev–Trinajstić information content (AvgIpc) is 2.82. The van der Waals surface area contributed by atoms with Gasteiger partial charge in [0.15, 0.2) is 11.5 Å². The highest BCUT2D eigenvalue weighted by atomic mass is 32.2. The number of thioether (sulfide) groups is 1. The summed E-state index contributed by atoms with van der Waals surface area (Å²) < 4.78 is 10.5. The average molecular weight is 451 g/mol. The number of hydrogen-bond acceptors (Lipinski definition) is 5. The summed E-state index contributed by atoms with van der Waals surface area (Å²) >= 11 is 1.31. The number of hydrogen-bond donors (Lipinski definition) is 2. The van der Waals surface area contributed by atoms with E-state index in [9.17, 15) is 9.59 Å². The summed E-state index contributed by atoms with van der Waals surface area (Å²) in [5.41, 5.74) is 3.03. The van der Waals surface area contributed by atoms with Crippen LogP contribution in [0.5, 0.6) is 11.5 Å². The van der Waals surface area contributed by atoms with Crippen LogP contribution in [0.2, 0.25) is 0 Å². The molecular weight excluding hydrogens is 424 g/mol. The molecule has 166 valence electrons. The zero-order valence-electron chi connectivity index (χ0n) is 18.3. The van der Waals surface area contributed by atoms with Crippen molar-refractivity contribution < 1.29 is 19.1 Å². The Morgan fingerprint density at radius 1 is 0.844 bits per heavy atom. The predicted octanol–water partition coefficient (Wildman–Crippen LogP) is 5.25. The molecule has 0 aliphatic carbocycles. The van der Waals surface area contributed by atoms with Crippen LogP contribution in [0.25, 0.3) is 0 Å². The smallest absolute Gasteiger partial charge is 0.256 e. The number of methoxy groups -OCH3 is 2. The highest BCUT2D eigenvalue weighted by Gasteiger charge is 2.14. The highest BCUT2D eigenvalue weighted by molar-refractivity contribution is 8.00. The molecular formula is C25H26N2O4S. The lowest BCUT2D eigenvalue weighted by molar-refractivity contribution is -0.113. The van der Waals surface area contributed by atoms with Crippen LogP contribution in [0.3, 0.4) is 0 Å². The molecule has 2 N–H and O–H groups in total. The van der Waals surface area contributed by atoms with Gasteiger partial charge in [0.2, 0.25) is 5.91 Å². The fourth-order valence-corrected chi connectivity index (χ4v) is 3.95. The molecule has 6 nitrogen and oxygen atoms in total. The maximum Gasteiger partial charge on any atom is 0.256 e. The van der Waals surface area contributed by atoms with Gasteiger partial charge in [-0.05, 0) is 48.4 Å². The summed E-state index contributed by atoms with van der Waals surface area (Å²) in [6, 6.07) is 20.2. The van der Waals surface area contributed by atoms with E-state index in [1.807, 2.05) is 42.5 Å². The van der Waals surface area contributed by atoms with E-state index >= 15 is 0 Å². The minimum absolute atomic E-state index is 0.157. The zero-order chi connectivity index (χ0) is 22.9. The van der Waals surface area contributed by atoms with Crippen molar-refractivity contribution in [3.8, 4) is 11.5 Å². The molecule has 0 saturated carbocycles. The first-order valence-electron chi connectivity index (χ1n) is 10.2. The van der Waals surface area contributed by atoms with E-state index in [1.54, 1.807) is 38.5 Å². The lowest BCUT2D eigenvalue weighted by Gasteiger charge is -2.12. The summed E-state index contributed by atoms with van der Waals surface area (Å²) in [5.74, 6) is 0.885. The number of nitrogens with one attached hydrogen (secondary N) is 2. The minimum atomic E-state index is -0.207. The molecule has 0 spiro atoms. The largest absolute Gasteiger partial charge is 0.493 e. The highest BCUT2D eigenvalue weighted by Crippen LogP contribution is 2.30. The Kier molecular flexibility index (Phi) is 8.16. The Bertz CT molecular complexity index is 1100. The minimum Gasteiger partial charge on any atom is -0.493 e. The first-order valence-corrected chi connectivity index (χ1v) is 11.2. The van der Waals surface area contributed by atoms with E-state index in [1.165, 1.54) is 11.8 Å². The molecule has 7 heteroatoms. The Labute approximate surface area is 192 Å². The van der Waals surface area contributed by atoms with Gasteiger partial charge in [0.25, 0.3) is 5.91 Å². The number of rotatable bonds is 9. The monoisotopic (exact) mass is 450 g/mol. The summed E-state index contributed by atoms with van der Waals surface area (Å²) in [7, 11) is 3.10. The fourth-order valence-electron chi connectivity index (χ4n) is 3.10. The van der Waals surface area contributed by atoms with Gasteiger partial charge in [0.1, 0.15) is 0 Å². The van der Waals surface area contributed by atoms with Gasteiger partial charge < -0.3 is 20.1 Å². The van der Waals surface area contributed by atoms with E-state index in [-0.39, 0.29) is 17.6 Å². The molecule has 2 amide bonds. The van der Waals surface area contributed by atoms with Crippen LogP contribution in [0.1, 0.15) is 22.8 Å². The Morgan fingerprint density at radius 2 is 1.59 bits per heavy atom. The Morgan fingerprint density at radius 3 is 2.34 bits per heavy atom. The molecule has 0 saturated heterocycles. The van der Waals surface area contributed by atoms with Gasteiger partial charge in [0.05, 0.1) is 25.5 Å². The van der Waals surface area contributed by atoms with E-state index in [2.05, 4.69) is 17.6 Å². The van der Waals surface area contributed by atoms with Gasteiger partial charge in [-0.15, -0.1) is 11.8 Å². The Balaban J connectivity index is 1.64. The van der Waals surface area contributed by atoms with E-state index in [0.717, 1.165) is 22.6 Å². The second-order valence-corrected chi connectivity index (χ2v) is 7.93. The molecule has 0 aliphatic rings. The van der Waals surface area contributed by atoms with E-state index < -0.39 is 0 Å². The third kappa shape index (κ3) is 6.04. The van der Waals surface area contributed by atoms with E-state index in [0.29, 0.717) is 22.7 Å². The zero-order valence-corrected chi connectivity index (χ0v) is 19.1. The van der Waals surface area contributed by atoms with Crippen molar-refractivity contribution >= 4 is 35.0 Å². The third-order valence-electron chi connectivity index (χ3n) is 4.75. The molecule has 0 heterocycles. The van der Waals surface area contributed by atoms with Crippen LogP contribution < -0.4 is 20.1 Å². The topological polar surface area (TPSA) is 76.7 Å². The molecule has 3 aromatic carbocycles. The van der Waals surface area contributed by atoms with Crippen LogP contribution >= 0.6 is 11.8 Å². The molecule has 0 bridgehead atoms. The van der Waals surface area contributed by atoms with Crippen molar-refractivity contribution in [3.63, 3.8) is 0 Å². The number of benzene rings is 3. The van der Waals surface area contributed by atoms with Crippen molar-refractivity contribution in [2.45, 2.75) is 18.2 Å². The molecule has 0 aliphatic heterocycles. The van der Waals surface area contributed by atoms with Crippen LogP contribution in [-0.2, 0) is 11.2 Å². The van der Waals surface area contributed by atoms with Gasteiger partial charge in [-0.3, -0.25) is 9.59 Å². The first kappa shape index (κ1) is 23.2. The molecule has 0 atom stereocenters. The molecule has 3 aromatic rings. The van der Waals surface area contributed by atoms with Gasteiger partial charge in [-0.1, -0.05) is 31.2 Å². The van der Waals surface area contributed by atoms with Crippen LogP contribution in [0.15, 0.2) is 71.6 Å². The third-order valence-corrected chi connectivity index (χ3v) is 5.82. The van der Waals surface area contributed by atoms with Crippen LogP contribution in [0.4, 0.5) is 11.4 Å². The summed E-state index contributed by atoms with van der Waals surface area (Å²) in [4.78, 5) is 26.1. The molecule has 0 fully saturated rings. The number of carbonyl (C=O) groups excluding carboxylic acids is 2. The number of ether oxygens (including phenoxy) is 2. The number of carbonyl (C=O) groups is 2. The Hall–Kier alpha value is -3.45. The van der Waals surface area contributed by atoms with Gasteiger partial charge in [0, 0.05) is 22.3 Å². The lowest BCUT2D eigenvalue weighted by Crippen LogP contribution is -2.16. The van der Waals surface area contributed by atoms with Crippen molar-refractivity contribution in [1.29, 1.82) is 0 Å². The number of amides is 2. The van der Waals surface area contributed by atoms with E-state index in [4.69, 9.17) is 9.47 Å².